The van der Waals surface area contributed by atoms with Gasteiger partial charge in [0, 0.05) is 12.4 Å². The second-order valence-corrected chi connectivity index (χ2v) is 14.7. The van der Waals surface area contributed by atoms with Gasteiger partial charge in [0.15, 0.2) is 11.6 Å². The van der Waals surface area contributed by atoms with Crippen LogP contribution in [-0.4, -0.2) is 40.4 Å². The van der Waals surface area contributed by atoms with Gasteiger partial charge in [-0.1, -0.05) is 32.4 Å². The Morgan fingerprint density at radius 1 is 1.10 bits per heavy atom. The molecule has 1 aliphatic carbocycles. The monoisotopic (exact) mass is 568 g/mol. The van der Waals surface area contributed by atoms with E-state index >= 15 is 4.39 Å². The van der Waals surface area contributed by atoms with Crippen molar-refractivity contribution in [1.82, 2.24) is 19.9 Å². The molecule has 0 saturated heterocycles. The second-order valence-electron chi connectivity index (χ2n) is 11.1. The van der Waals surface area contributed by atoms with Crippen LogP contribution >= 0.6 is 18.7 Å². The Morgan fingerprint density at radius 3 is 2.46 bits per heavy atom. The minimum Gasteiger partial charge on any atom is -0.494 e. The lowest BCUT2D eigenvalue weighted by Gasteiger charge is -2.26. The third-order valence-electron chi connectivity index (χ3n) is 6.67. The minimum absolute atomic E-state index is 0.127. The molecule has 0 radical (unpaired) electrons. The quantitative estimate of drug-likeness (QED) is 0.227. The van der Waals surface area contributed by atoms with Crippen molar-refractivity contribution in [1.29, 1.82) is 0 Å². The molecule has 8 nitrogen and oxygen atoms in total. The lowest BCUT2D eigenvalue weighted by molar-refractivity contribution is 0.410. The fourth-order valence-electron chi connectivity index (χ4n) is 4.73. The zero-order chi connectivity index (χ0) is 28.1. The molecule has 39 heavy (non-hydrogen) atoms. The van der Waals surface area contributed by atoms with E-state index in [1.54, 1.807) is 37.9 Å². The highest BCUT2D eigenvalue weighted by Gasteiger charge is 2.35. The number of benzene rings is 2. The average Bonchev–Trinajstić information content (AvgIpc) is 3.70. The lowest BCUT2D eigenvalue weighted by atomic mass is 9.81. The van der Waals surface area contributed by atoms with E-state index in [1.165, 1.54) is 13.3 Å². The van der Waals surface area contributed by atoms with E-state index < -0.39 is 7.14 Å². The summed E-state index contributed by atoms with van der Waals surface area (Å²) < 4.78 is 34.9. The summed E-state index contributed by atoms with van der Waals surface area (Å²) in [6, 6.07) is 5.46. The Bertz CT molecular complexity index is 1630. The molecular formula is C28H31ClFN6O2P. The molecule has 2 aromatic carbocycles. The first-order chi connectivity index (χ1) is 18.4. The standard InChI is InChI=1S/C28H31ClFN6O2P/c1-28(2,3)16-13-20(38-4)24(22(30)21(16)15-7-8-15)35-27-33-14-17(29)26(36-27)34-19-10-9-18-23(32-12-11-31-18)25(19)39(5,6)37/h9-15H,7-8H2,1-6H3,(H2,33,34,35,36). The zero-order valence-electron chi connectivity index (χ0n) is 22.8. The lowest BCUT2D eigenvalue weighted by Crippen LogP contribution is -2.17. The van der Waals surface area contributed by atoms with Crippen molar-refractivity contribution in [2.45, 2.75) is 44.9 Å². The van der Waals surface area contributed by atoms with Crippen LogP contribution < -0.4 is 20.7 Å². The second kappa shape index (κ2) is 10.0. The number of nitrogens with zero attached hydrogens (tertiary/aromatic N) is 4. The molecule has 5 rings (SSSR count). The van der Waals surface area contributed by atoms with Crippen LogP contribution in [0.3, 0.4) is 0 Å². The van der Waals surface area contributed by atoms with Gasteiger partial charge in [-0.15, -0.1) is 0 Å². The zero-order valence-corrected chi connectivity index (χ0v) is 24.4. The first-order valence-corrected chi connectivity index (χ1v) is 15.6. The van der Waals surface area contributed by atoms with Crippen molar-refractivity contribution in [3.8, 4) is 5.75 Å². The van der Waals surface area contributed by atoms with Gasteiger partial charge in [0.2, 0.25) is 5.95 Å². The third-order valence-corrected chi connectivity index (χ3v) is 8.47. The van der Waals surface area contributed by atoms with E-state index in [-0.39, 0.29) is 39.6 Å². The Kier molecular flexibility index (Phi) is 7.02. The van der Waals surface area contributed by atoms with E-state index in [4.69, 9.17) is 16.3 Å². The predicted molar refractivity (Wildman–Crippen MR) is 156 cm³/mol. The maximum Gasteiger partial charge on any atom is 0.229 e. The molecule has 4 aromatic rings. The number of hydrogen-bond donors (Lipinski definition) is 2. The molecule has 0 amide bonds. The summed E-state index contributed by atoms with van der Waals surface area (Å²) in [5.74, 6) is 0.580. The van der Waals surface area contributed by atoms with Crippen molar-refractivity contribution < 1.29 is 13.7 Å². The first-order valence-electron chi connectivity index (χ1n) is 12.6. The van der Waals surface area contributed by atoms with Crippen LogP contribution in [0.4, 0.5) is 27.5 Å². The largest absolute Gasteiger partial charge is 0.494 e. The van der Waals surface area contributed by atoms with Crippen LogP contribution in [0.25, 0.3) is 11.0 Å². The first kappa shape index (κ1) is 27.3. The molecule has 2 heterocycles. The SMILES string of the molecule is COc1cc(C(C)(C)C)c(C2CC2)c(F)c1Nc1ncc(Cl)c(Nc2ccc3nccnc3c2P(C)(C)=O)n1. The Labute approximate surface area is 232 Å². The van der Waals surface area contributed by atoms with Gasteiger partial charge in [-0.25, -0.2) is 9.37 Å². The van der Waals surface area contributed by atoms with E-state index in [2.05, 4.69) is 51.3 Å². The highest BCUT2D eigenvalue weighted by molar-refractivity contribution is 7.71. The summed E-state index contributed by atoms with van der Waals surface area (Å²) in [6.45, 7) is 9.55. The molecule has 1 fully saturated rings. The smallest absolute Gasteiger partial charge is 0.229 e. The van der Waals surface area contributed by atoms with E-state index in [0.717, 1.165) is 18.4 Å². The number of methoxy groups -OCH3 is 1. The van der Waals surface area contributed by atoms with Gasteiger partial charge in [0.25, 0.3) is 0 Å². The Hall–Kier alpha value is -3.29. The minimum atomic E-state index is -2.80. The average molecular weight is 569 g/mol. The number of halogens is 2. The van der Waals surface area contributed by atoms with Crippen LogP contribution in [0.15, 0.2) is 36.8 Å². The van der Waals surface area contributed by atoms with Crippen molar-refractivity contribution in [3.05, 3.63) is 58.8 Å². The molecule has 2 N–H and O–H groups in total. The number of anilines is 4. The van der Waals surface area contributed by atoms with Crippen LogP contribution in [0.5, 0.6) is 5.75 Å². The number of aromatic nitrogens is 4. The number of rotatable bonds is 7. The maximum atomic E-state index is 16.1. The van der Waals surface area contributed by atoms with Gasteiger partial charge >= 0.3 is 0 Å². The number of ether oxygens (including phenoxy) is 1. The molecule has 0 spiro atoms. The van der Waals surface area contributed by atoms with Crippen LogP contribution in [0, 0.1) is 5.82 Å². The van der Waals surface area contributed by atoms with Gasteiger partial charge in [-0.05, 0) is 66.8 Å². The molecule has 0 unspecified atom stereocenters. The third kappa shape index (κ3) is 5.43. The summed E-state index contributed by atoms with van der Waals surface area (Å²) in [4.78, 5) is 17.6. The summed E-state index contributed by atoms with van der Waals surface area (Å²) in [5, 5.41) is 6.99. The Morgan fingerprint density at radius 2 is 1.82 bits per heavy atom. The molecule has 1 aliphatic rings. The van der Waals surface area contributed by atoms with Crippen LogP contribution in [-0.2, 0) is 9.98 Å². The molecule has 2 aromatic heterocycles. The summed E-state index contributed by atoms with van der Waals surface area (Å²) in [6.07, 6.45) is 6.48. The molecule has 0 aliphatic heterocycles. The highest BCUT2D eigenvalue weighted by atomic mass is 35.5. The fourth-order valence-corrected chi connectivity index (χ4v) is 6.26. The molecule has 0 atom stereocenters. The van der Waals surface area contributed by atoms with Crippen molar-refractivity contribution in [2.75, 3.05) is 31.1 Å². The normalized spacial score (nSPS) is 13.9. The van der Waals surface area contributed by atoms with Gasteiger partial charge < -0.3 is 19.9 Å². The molecule has 1 saturated carbocycles. The highest BCUT2D eigenvalue weighted by Crippen LogP contribution is 2.49. The Balaban J connectivity index is 1.56. The number of fused-ring (bicyclic) bond motifs is 1. The molecule has 11 heteroatoms. The van der Waals surface area contributed by atoms with E-state index in [9.17, 15) is 4.57 Å². The van der Waals surface area contributed by atoms with E-state index in [0.29, 0.717) is 33.3 Å². The topological polar surface area (TPSA) is 102 Å². The molecule has 204 valence electrons. The van der Waals surface area contributed by atoms with Crippen LogP contribution in [0.1, 0.15) is 50.7 Å². The summed E-state index contributed by atoms with van der Waals surface area (Å²) in [7, 11) is -1.29. The number of hydrogen-bond acceptors (Lipinski definition) is 8. The molecular weight excluding hydrogens is 538 g/mol. The maximum absolute atomic E-state index is 16.1. The van der Waals surface area contributed by atoms with Crippen molar-refractivity contribution >= 4 is 58.2 Å². The fraction of sp³-hybridized carbons (Fsp3) is 0.357. The van der Waals surface area contributed by atoms with Crippen molar-refractivity contribution in [3.63, 3.8) is 0 Å². The van der Waals surface area contributed by atoms with Gasteiger partial charge in [0.1, 0.15) is 29.1 Å². The van der Waals surface area contributed by atoms with Crippen molar-refractivity contribution in [2.24, 2.45) is 0 Å². The number of nitrogens with one attached hydrogen (secondary N) is 2. The van der Waals surface area contributed by atoms with Crippen LogP contribution in [0.2, 0.25) is 5.02 Å². The predicted octanol–water partition coefficient (Wildman–Crippen LogP) is 7.13. The summed E-state index contributed by atoms with van der Waals surface area (Å²) in [5.41, 5.74) is 3.27. The van der Waals surface area contributed by atoms with Gasteiger partial charge in [0.05, 0.1) is 29.8 Å². The van der Waals surface area contributed by atoms with E-state index in [1.807, 2.05) is 6.07 Å². The molecule has 0 bridgehead atoms. The van der Waals surface area contributed by atoms with Gasteiger partial charge in [-0.3, -0.25) is 9.97 Å². The van der Waals surface area contributed by atoms with Gasteiger partial charge in [-0.2, -0.15) is 4.98 Å². The summed E-state index contributed by atoms with van der Waals surface area (Å²) >= 11 is 6.46.